The van der Waals surface area contributed by atoms with Gasteiger partial charge in [0, 0.05) is 0 Å². The fraction of sp³-hybridized carbons (Fsp3) is 0.400. The van der Waals surface area contributed by atoms with Crippen LogP contribution in [0.3, 0.4) is 0 Å². The molecule has 0 aliphatic carbocycles. The fourth-order valence-corrected chi connectivity index (χ4v) is 1.54. The third-order valence-electron chi connectivity index (χ3n) is 2.20. The van der Waals surface area contributed by atoms with E-state index >= 15 is 0 Å². The van der Waals surface area contributed by atoms with E-state index in [2.05, 4.69) is 0 Å². The first-order chi connectivity index (χ1) is 7.23. The van der Waals surface area contributed by atoms with E-state index in [4.69, 9.17) is 17.3 Å². The molecule has 2 nitrogen and oxygen atoms in total. The largest absolute Gasteiger partial charge is 0.417 e. The lowest BCUT2D eigenvalue weighted by Crippen LogP contribution is -2.23. The summed E-state index contributed by atoms with van der Waals surface area (Å²) in [6.07, 6.45) is -5.34. The van der Waals surface area contributed by atoms with Crippen molar-refractivity contribution in [1.82, 2.24) is 0 Å². The Morgan fingerprint density at radius 1 is 1.38 bits per heavy atom. The highest BCUT2D eigenvalue weighted by molar-refractivity contribution is 6.31. The van der Waals surface area contributed by atoms with Gasteiger partial charge in [0.15, 0.2) is 0 Å². The first kappa shape index (κ1) is 13.3. The smallest absolute Gasteiger partial charge is 0.391 e. The highest BCUT2D eigenvalue weighted by Crippen LogP contribution is 2.35. The standard InChI is InChI=1S/C10H11ClF3NO/c1-5(16)9(15)6-2-3-7(8(11)4-6)10(12,13)14/h2-5,9,16H,15H2,1H3. The third-order valence-corrected chi connectivity index (χ3v) is 2.52. The van der Waals surface area contributed by atoms with E-state index in [-0.39, 0.29) is 0 Å². The van der Waals surface area contributed by atoms with E-state index in [9.17, 15) is 18.3 Å². The van der Waals surface area contributed by atoms with Crippen molar-refractivity contribution in [1.29, 1.82) is 0 Å². The predicted molar refractivity (Wildman–Crippen MR) is 55.1 cm³/mol. The molecular weight excluding hydrogens is 243 g/mol. The fourth-order valence-electron chi connectivity index (χ4n) is 1.25. The van der Waals surface area contributed by atoms with Gasteiger partial charge in [0.25, 0.3) is 0 Å². The molecule has 0 aliphatic heterocycles. The number of aliphatic hydroxyl groups is 1. The van der Waals surface area contributed by atoms with E-state index in [1.54, 1.807) is 0 Å². The molecule has 3 N–H and O–H groups in total. The van der Waals surface area contributed by atoms with Crippen LogP contribution in [0.15, 0.2) is 18.2 Å². The average Bonchev–Trinajstić information content (AvgIpc) is 2.14. The summed E-state index contributed by atoms with van der Waals surface area (Å²) < 4.78 is 37.1. The van der Waals surface area contributed by atoms with Gasteiger partial charge in [-0.15, -0.1) is 0 Å². The Balaban J connectivity index is 3.09. The van der Waals surface area contributed by atoms with Crippen LogP contribution >= 0.6 is 11.6 Å². The van der Waals surface area contributed by atoms with Crippen molar-refractivity contribution >= 4 is 11.6 Å². The van der Waals surface area contributed by atoms with Gasteiger partial charge in [0.2, 0.25) is 0 Å². The summed E-state index contributed by atoms with van der Waals surface area (Å²) >= 11 is 5.51. The Morgan fingerprint density at radius 3 is 2.31 bits per heavy atom. The van der Waals surface area contributed by atoms with Crippen LogP contribution in [0.5, 0.6) is 0 Å². The predicted octanol–water partition coefficient (Wildman–Crippen LogP) is 2.74. The third kappa shape index (κ3) is 2.87. The van der Waals surface area contributed by atoms with Gasteiger partial charge in [-0.25, -0.2) is 0 Å². The number of hydrogen-bond donors (Lipinski definition) is 2. The van der Waals surface area contributed by atoms with E-state index < -0.39 is 28.9 Å². The summed E-state index contributed by atoms with van der Waals surface area (Å²) in [4.78, 5) is 0. The van der Waals surface area contributed by atoms with Crippen LogP contribution in [0.1, 0.15) is 24.1 Å². The van der Waals surface area contributed by atoms with Crippen LogP contribution in [0.25, 0.3) is 0 Å². The molecule has 0 radical (unpaired) electrons. The minimum atomic E-state index is -4.48. The number of alkyl halides is 3. The Hall–Kier alpha value is -0.780. The first-order valence-electron chi connectivity index (χ1n) is 4.53. The molecule has 0 amide bonds. The van der Waals surface area contributed by atoms with Crippen molar-refractivity contribution in [3.63, 3.8) is 0 Å². The lowest BCUT2D eigenvalue weighted by Gasteiger charge is -2.17. The van der Waals surface area contributed by atoms with Gasteiger partial charge in [0.1, 0.15) is 0 Å². The van der Waals surface area contributed by atoms with Gasteiger partial charge in [-0.3, -0.25) is 0 Å². The molecule has 0 aromatic heterocycles. The van der Waals surface area contributed by atoms with Crippen LogP contribution in [0.2, 0.25) is 5.02 Å². The zero-order chi connectivity index (χ0) is 12.5. The lowest BCUT2D eigenvalue weighted by atomic mass is 10.0. The maximum absolute atomic E-state index is 12.4. The van der Waals surface area contributed by atoms with E-state index in [0.717, 1.165) is 12.1 Å². The summed E-state index contributed by atoms with van der Waals surface area (Å²) in [5.41, 5.74) is 5.04. The lowest BCUT2D eigenvalue weighted by molar-refractivity contribution is -0.137. The highest BCUT2D eigenvalue weighted by atomic mass is 35.5. The van der Waals surface area contributed by atoms with Gasteiger partial charge in [-0.05, 0) is 24.6 Å². The molecular formula is C10H11ClF3NO. The van der Waals surface area contributed by atoms with Crippen LogP contribution < -0.4 is 5.73 Å². The van der Waals surface area contributed by atoms with Gasteiger partial charge in [-0.1, -0.05) is 17.7 Å². The highest BCUT2D eigenvalue weighted by Gasteiger charge is 2.33. The quantitative estimate of drug-likeness (QED) is 0.851. The molecule has 0 spiro atoms. The normalized spacial score (nSPS) is 15.9. The van der Waals surface area contributed by atoms with E-state index in [0.29, 0.717) is 5.56 Å². The van der Waals surface area contributed by atoms with Crippen molar-refractivity contribution in [2.45, 2.75) is 25.2 Å². The second-order valence-electron chi connectivity index (χ2n) is 3.50. The Labute approximate surface area is 95.8 Å². The molecule has 90 valence electrons. The molecule has 0 saturated carbocycles. The molecule has 0 saturated heterocycles. The Bertz CT molecular complexity index is 379. The van der Waals surface area contributed by atoms with Gasteiger partial charge >= 0.3 is 6.18 Å². The maximum Gasteiger partial charge on any atom is 0.417 e. The molecule has 1 aromatic carbocycles. The molecule has 16 heavy (non-hydrogen) atoms. The van der Waals surface area contributed by atoms with Crippen molar-refractivity contribution in [2.75, 3.05) is 0 Å². The van der Waals surface area contributed by atoms with E-state index in [1.807, 2.05) is 0 Å². The van der Waals surface area contributed by atoms with Gasteiger partial charge < -0.3 is 10.8 Å². The number of halogens is 4. The van der Waals surface area contributed by atoms with Crippen molar-refractivity contribution < 1.29 is 18.3 Å². The van der Waals surface area contributed by atoms with Crippen molar-refractivity contribution in [3.8, 4) is 0 Å². The van der Waals surface area contributed by atoms with Crippen LogP contribution in [0.4, 0.5) is 13.2 Å². The average molecular weight is 254 g/mol. The number of aliphatic hydroxyl groups excluding tert-OH is 1. The summed E-state index contributed by atoms with van der Waals surface area (Å²) in [5, 5.41) is 8.79. The molecule has 1 rings (SSSR count). The van der Waals surface area contributed by atoms with Crippen molar-refractivity contribution in [2.24, 2.45) is 5.73 Å². The van der Waals surface area contributed by atoms with Gasteiger partial charge in [-0.2, -0.15) is 13.2 Å². The number of benzene rings is 1. The first-order valence-corrected chi connectivity index (χ1v) is 4.91. The zero-order valence-corrected chi connectivity index (χ0v) is 9.18. The van der Waals surface area contributed by atoms with Crippen LogP contribution in [-0.2, 0) is 6.18 Å². The monoisotopic (exact) mass is 253 g/mol. The van der Waals surface area contributed by atoms with Crippen molar-refractivity contribution in [3.05, 3.63) is 34.3 Å². The molecule has 6 heteroatoms. The maximum atomic E-state index is 12.4. The second kappa shape index (κ2) is 4.61. The minimum absolute atomic E-state index is 0.369. The number of hydrogen-bond acceptors (Lipinski definition) is 2. The number of nitrogens with two attached hydrogens (primary N) is 1. The summed E-state index contributed by atoms with van der Waals surface area (Å²) in [5.74, 6) is 0. The molecule has 0 bridgehead atoms. The van der Waals surface area contributed by atoms with Crippen LogP contribution in [-0.4, -0.2) is 11.2 Å². The molecule has 1 aromatic rings. The Morgan fingerprint density at radius 2 is 1.94 bits per heavy atom. The van der Waals surface area contributed by atoms with Gasteiger partial charge in [0.05, 0.1) is 22.7 Å². The minimum Gasteiger partial charge on any atom is -0.391 e. The summed E-state index contributed by atoms with van der Waals surface area (Å²) in [7, 11) is 0. The topological polar surface area (TPSA) is 46.2 Å². The molecule has 0 aliphatic rings. The molecule has 2 atom stereocenters. The van der Waals surface area contributed by atoms with Crippen LogP contribution in [0, 0.1) is 0 Å². The van der Waals surface area contributed by atoms with E-state index in [1.165, 1.54) is 13.0 Å². The summed E-state index contributed by atoms with van der Waals surface area (Å²) in [6.45, 7) is 1.45. The second-order valence-corrected chi connectivity index (χ2v) is 3.91. The molecule has 2 unspecified atom stereocenters. The number of rotatable bonds is 2. The Kier molecular flexibility index (Phi) is 3.83. The SMILES string of the molecule is CC(O)C(N)c1ccc(C(F)(F)F)c(Cl)c1. The molecule has 0 fully saturated rings. The summed E-state index contributed by atoms with van der Waals surface area (Å²) in [6, 6.07) is 2.45. The zero-order valence-electron chi connectivity index (χ0n) is 8.42. The molecule has 0 heterocycles.